The molecule has 148 valence electrons. The van der Waals surface area contributed by atoms with Crippen LogP contribution < -0.4 is 15.4 Å². The van der Waals surface area contributed by atoms with Crippen molar-refractivity contribution < 1.29 is 12.8 Å². The lowest BCUT2D eigenvalue weighted by Crippen LogP contribution is -2.41. The van der Waals surface area contributed by atoms with E-state index in [1.165, 1.54) is 0 Å². The first-order chi connectivity index (χ1) is 13.5. The summed E-state index contributed by atoms with van der Waals surface area (Å²) in [5.41, 5.74) is 1.95. The molecule has 0 saturated carbocycles. The molecule has 0 fully saturated rings. The number of hydrogen-bond acceptors (Lipinski definition) is 4. The van der Waals surface area contributed by atoms with Crippen molar-refractivity contribution in [2.45, 2.75) is 18.4 Å². The molecule has 0 aliphatic rings. The molecule has 0 saturated heterocycles. The minimum atomic E-state index is -3.51. The maximum atomic E-state index is 12.2. The SMILES string of the molecule is CN=C(NCCNS(=O)(=O)c1ccccc1)NCc1oc2ccccc2c1C. The zero-order chi connectivity index (χ0) is 20.0. The number of para-hydroxylation sites is 1. The quantitative estimate of drug-likeness (QED) is 0.322. The summed E-state index contributed by atoms with van der Waals surface area (Å²) in [4.78, 5) is 4.40. The van der Waals surface area contributed by atoms with Crippen molar-refractivity contribution in [1.82, 2.24) is 15.4 Å². The molecule has 0 atom stereocenters. The highest BCUT2D eigenvalue weighted by Gasteiger charge is 2.13. The van der Waals surface area contributed by atoms with Gasteiger partial charge < -0.3 is 15.1 Å². The molecule has 0 radical (unpaired) electrons. The minimum absolute atomic E-state index is 0.238. The molecule has 0 spiro atoms. The van der Waals surface area contributed by atoms with Gasteiger partial charge in [-0.2, -0.15) is 0 Å². The second kappa shape index (κ2) is 8.90. The molecule has 0 aliphatic heterocycles. The third kappa shape index (κ3) is 4.71. The van der Waals surface area contributed by atoms with Crippen LogP contribution in [-0.2, 0) is 16.6 Å². The van der Waals surface area contributed by atoms with Crippen LogP contribution in [0.2, 0.25) is 0 Å². The summed E-state index contributed by atoms with van der Waals surface area (Å²) in [5.74, 6) is 1.41. The number of nitrogens with zero attached hydrogens (tertiary/aromatic N) is 1. The van der Waals surface area contributed by atoms with Gasteiger partial charge >= 0.3 is 0 Å². The van der Waals surface area contributed by atoms with E-state index in [-0.39, 0.29) is 11.4 Å². The normalized spacial score (nSPS) is 12.3. The highest BCUT2D eigenvalue weighted by Crippen LogP contribution is 2.24. The second-order valence-corrected chi connectivity index (χ2v) is 7.98. The van der Waals surface area contributed by atoms with Crippen molar-refractivity contribution in [1.29, 1.82) is 0 Å². The molecule has 0 amide bonds. The lowest BCUT2D eigenvalue weighted by Gasteiger charge is -2.12. The fourth-order valence-electron chi connectivity index (χ4n) is 2.83. The number of nitrogens with one attached hydrogen (secondary N) is 3. The van der Waals surface area contributed by atoms with Crippen LogP contribution in [0.25, 0.3) is 11.0 Å². The van der Waals surface area contributed by atoms with Crippen LogP contribution in [0.1, 0.15) is 11.3 Å². The monoisotopic (exact) mass is 400 g/mol. The van der Waals surface area contributed by atoms with Gasteiger partial charge in [0.1, 0.15) is 11.3 Å². The van der Waals surface area contributed by atoms with Gasteiger partial charge in [0, 0.05) is 31.1 Å². The van der Waals surface area contributed by atoms with Gasteiger partial charge in [0.05, 0.1) is 11.4 Å². The number of sulfonamides is 1. The van der Waals surface area contributed by atoms with E-state index in [2.05, 4.69) is 20.3 Å². The van der Waals surface area contributed by atoms with E-state index in [1.807, 2.05) is 31.2 Å². The van der Waals surface area contributed by atoms with Crippen LogP contribution in [0, 0.1) is 6.92 Å². The Hall–Kier alpha value is -2.84. The zero-order valence-corrected chi connectivity index (χ0v) is 16.7. The standard InChI is InChI=1S/C20H24N4O3S/c1-15-17-10-6-7-11-18(17)27-19(15)14-23-20(21-2)22-12-13-24-28(25,26)16-8-4-3-5-9-16/h3-11,24H,12-14H2,1-2H3,(H2,21,22,23). The molecule has 0 aliphatic carbocycles. The largest absolute Gasteiger partial charge is 0.459 e. The average molecular weight is 401 g/mol. The molecular weight excluding hydrogens is 376 g/mol. The number of benzene rings is 2. The predicted octanol–water partition coefficient (Wildman–Crippen LogP) is 2.38. The van der Waals surface area contributed by atoms with Crippen molar-refractivity contribution in [2.24, 2.45) is 4.99 Å². The first kappa shape index (κ1) is 19.9. The van der Waals surface area contributed by atoms with Crippen LogP contribution in [0.4, 0.5) is 0 Å². The molecule has 1 heterocycles. The van der Waals surface area contributed by atoms with Gasteiger partial charge in [0.25, 0.3) is 0 Å². The zero-order valence-electron chi connectivity index (χ0n) is 15.9. The Kier molecular flexibility index (Phi) is 6.33. The number of aryl methyl sites for hydroxylation is 1. The van der Waals surface area contributed by atoms with Gasteiger partial charge in [-0.05, 0) is 25.1 Å². The van der Waals surface area contributed by atoms with Gasteiger partial charge in [0.15, 0.2) is 5.96 Å². The summed E-state index contributed by atoms with van der Waals surface area (Å²) >= 11 is 0. The van der Waals surface area contributed by atoms with Gasteiger partial charge in [-0.15, -0.1) is 0 Å². The summed E-state index contributed by atoms with van der Waals surface area (Å²) in [7, 11) is -1.84. The van der Waals surface area contributed by atoms with Crippen LogP contribution >= 0.6 is 0 Å². The molecule has 3 rings (SSSR count). The highest BCUT2D eigenvalue weighted by molar-refractivity contribution is 7.89. The molecule has 8 heteroatoms. The fraction of sp³-hybridized carbons (Fsp3) is 0.250. The van der Waals surface area contributed by atoms with Crippen LogP contribution in [0.15, 0.2) is 68.9 Å². The molecule has 3 aromatic rings. The number of furan rings is 1. The van der Waals surface area contributed by atoms with Crippen LogP contribution in [0.3, 0.4) is 0 Å². The molecule has 3 N–H and O–H groups in total. The maximum Gasteiger partial charge on any atom is 0.240 e. The summed E-state index contributed by atoms with van der Waals surface area (Å²) in [6.07, 6.45) is 0. The molecule has 2 aromatic carbocycles. The van der Waals surface area contributed by atoms with E-state index in [9.17, 15) is 8.42 Å². The fourth-order valence-corrected chi connectivity index (χ4v) is 3.88. The summed E-state index contributed by atoms with van der Waals surface area (Å²) in [5, 5.41) is 7.37. The van der Waals surface area contributed by atoms with Gasteiger partial charge in [-0.3, -0.25) is 4.99 Å². The average Bonchev–Trinajstić information content (AvgIpc) is 3.04. The third-order valence-electron chi connectivity index (χ3n) is 4.35. The smallest absolute Gasteiger partial charge is 0.240 e. The van der Waals surface area contributed by atoms with Gasteiger partial charge in [-0.1, -0.05) is 36.4 Å². The van der Waals surface area contributed by atoms with E-state index < -0.39 is 10.0 Å². The second-order valence-electron chi connectivity index (χ2n) is 6.21. The molecule has 28 heavy (non-hydrogen) atoms. The summed E-state index contributed by atoms with van der Waals surface area (Å²) in [6, 6.07) is 16.2. The Bertz CT molecular complexity index is 1060. The van der Waals surface area contributed by atoms with E-state index in [1.54, 1.807) is 37.4 Å². The molecule has 1 aromatic heterocycles. The number of hydrogen-bond donors (Lipinski definition) is 3. The lowest BCUT2D eigenvalue weighted by molar-refractivity contribution is 0.534. The maximum absolute atomic E-state index is 12.2. The highest BCUT2D eigenvalue weighted by atomic mass is 32.2. The number of fused-ring (bicyclic) bond motifs is 1. The number of rotatable bonds is 7. The first-order valence-corrected chi connectivity index (χ1v) is 10.5. The summed E-state index contributed by atoms with van der Waals surface area (Å²) in [6.45, 7) is 3.14. The van der Waals surface area contributed by atoms with E-state index in [0.717, 1.165) is 22.3 Å². The van der Waals surface area contributed by atoms with Crippen molar-refractivity contribution in [3.63, 3.8) is 0 Å². The molecular formula is C20H24N4O3S. The predicted molar refractivity (Wildman–Crippen MR) is 111 cm³/mol. The van der Waals surface area contributed by atoms with Crippen LogP contribution in [-0.4, -0.2) is 34.5 Å². The van der Waals surface area contributed by atoms with Gasteiger partial charge in [-0.25, -0.2) is 13.1 Å². The molecule has 7 nitrogen and oxygen atoms in total. The van der Waals surface area contributed by atoms with Crippen molar-refractivity contribution in [3.05, 3.63) is 65.9 Å². The van der Waals surface area contributed by atoms with Gasteiger partial charge in [0.2, 0.25) is 10.0 Å². The van der Waals surface area contributed by atoms with E-state index in [4.69, 9.17) is 4.42 Å². The Morgan fingerprint density at radius 3 is 2.43 bits per heavy atom. The van der Waals surface area contributed by atoms with E-state index in [0.29, 0.717) is 19.0 Å². The number of aliphatic imine (C=N–C) groups is 1. The lowest BCUT2D eigenvalue weighted by atomic mass is 10.1. The van der Waals surface area contributed by atoms with Crippen molar-refractivity contribution >= 4 is 27.0 Å². The number of guanidine groups is 1. The summed E-state index contributed by atoms with van der Waals surface area (Å²) < 4.78 is 32.8. The van der Waals surface area contributed by atoms with Crippen LogP contribution in [0.5, 0.6) is 0 Å². The minimum Gasteiger partial charge on any atom is -0.459 e. The molecule has 0 unspecified atom stereocenters. The van der Waals surface area contributed by atoms with Crippen molar-refractivity contribution in [2.75, 3.05) is 20.1 Å². The Balaban J connectivity index is 1.49. The topological polar surface area (TPSA) is 95.7 Å². The molecule has 0 bridgehead atoms. The van der Waals surface area contributed by atoms with Crippen molar-refractivity contribution in [3.8, 4) is 0 Å². The third-order valence-corrected chi connectivity index (χ3v) is 5.82. The Morgan fingerprint density at radius 2 is 1.71 bits per heavy atom. The Labute approximate surface area is 164 Å². The first-order valence-electron chi connectivity index (χ1n) is 8.97. The Morgan fingerprint density at radius 1 is 1.00 bits per heavy atom. The van der Waals surface area contributed by atoms with E-state index >= 15 is 0 Å².